The Hall–Kier alpha value is -2.52. The van der Waals surface area contributed by atoms with E-state index >= 15 is 0 Å². The lowest BCUT2D eigenvalue weighted by Crippen LogP contribution is -2.60. The summed E-state index contributed by atoms with van der Waals surface area (Å²) in [5, 5.41) is 20.1. The monoisotopic (exact) mass is 502 g/mol. The van der Waals surface area contributed by atoms with Crippen molar-refractivity contribution in [3.63, 3.8) is 0 Å². The first-order chi connectivity index (χ1) is 16.6. The predicted molar refractivity (Wildman–Crippen MR) is 134 cm³/mol. The van der Waals surface area contributed by atoms with Gasteiger partial charge in [-0.1, -0.05) is 26.8 Å². The van der Waals surface area contributed by atoms with Crippen molar-refractivity contribution in [3.05, 3.63) is 36.9 Å². The van der Waals surface area contributed by atoms with Gasteiger partial charge in [0.15, 0.2) is 0 Å². The molecular formula is C26H34N2O6S. The van der Waals surface area contributed by atoms with Gasteiger partial charge in [0, 0.05) is 17.5 Å². The van der Waals surface area contributed by atoms with Gasteiger partial charge in [0.25, 0.3) is 5.91 Å². The van der Waals surface area contributed by atoms with Gasteiger partial charge in [0.1, 0.15) is 11.8 Å². The van der Waals surface area contributed by atoms with E-state index < -0.39 is 34.6 Å². The molecule has 1 aromatic carbocycles. The van der Waals surface area contributed by atoms with Gasteiger partial charge in [0.2, 0.25) is 5.91 Å². The Morgan fingerprint density at radius 1 is 1.34 bits per heavy atom. The highest BCUT2D eigenvalue weighted by Crippen LogP contribution is 2.69. The number of hydrogen-bond acceptors (Lipinski definition) is 6. The molecular weight excluding hydrogens is 468 g/mol. The van der Waals surface area contributed by atoms with Crippen LogP contribution in [0, 0.1) is 23.7 Å². The molecule has 0 radical (unpaired) electrons. The maximum atomic E-state index is 14.4. The van der Waals surface area contributed by atoms with E-state index in [9.17, 15) is 24.6 Å². The molecule has 3 heterocycles. The Bertz CT molecular complexity index is 1010. The molecule has 7 atom stereocenters. The number of hydrogen-bond donors (Lipinski definition) is 2. The van der Waals surface area contributed by atoms with E-state index in [1.165, 1.54) is 16.7 Å². The van der Waals surface area contributed by atoms with Crippen molar-refractivity contribution < 1.29 is 29.3 Å². The third-order valence-corrected chi connectivity index (χ3v) is 10.1. The average Bonchev–Trinajstić information content (AvgIpc) is 3.41. The van der Waals surface area contributed by atoms with Gasteiger partial charge in [-0.15, -0.1) is 18.3 Å². The fourth-order valence-electron chi connectivity index (χ4n) is 6.36. The van der Waals surface area contributed by atoms with E-state index in [2.05, 4.69) is 6.58 Å². The average molecular weight is 503 g/mol. The van der Waals surface area contributed by atoms with E-state index in [1.54, 1.807) is 42.4 Å². The maximum Gasteiger partial charge on any atom is 0.308 e. The maximum absolute atomic E-state index is 14.4. The second-order valence-electron chi connectivity index (χ2n) is 10.1. The molecule has 0 saturated carbocycles. The molecule has 3 fully saturated rings. The lowest BCUT2D eigenvalue weighted by molar-refractivity contribution is -0.150. The van der Waals surface area contributed by atoms with E-state index in [4.69, 9.17) is 4.74 Å². The normalized spacial score (nSPS) is 32.0. The van der Waals surface area contributed by atoms with Crippen LogP contribution in [0.15, 0.2) is 36.9 Å². The van der Waals surface area contributed by atoms with Crippen LogP contribution in [0.3, 0.4) is 0 Å². The number of rotatable bonds is 9. The standard InChI is InChI=1S/C26H34N2O6S/c1-6-11-27(16-7-9-17(34-5)10-8-16)24(31)22-26-15(4)12-19(35-26)20(25(32)33)21(26)23(30)28(22)18(13-29)14(2)3/h6-10,14-15,18-22,29H,1,11-13H2,2-5H3,(H,32,33)/t15?,18-,19+,20-,21-,22?,26?/m0/s1. The molecule has 3 aliphatic rings. The Morgan fingerprint density at radius 2 is 2.00 bits per heavy atom. The molecule has 3 aliphatic heterocycles. The number of carboxylic acid groups (broad SMARTS) is 1. The summed E-state index contributed by atoms with van der Waals surface area (Å²) < 4.78 is 4.39. The molecule has 4 rings (SSSR count). The highest BCUT2D eigenvalue weighted by molar-refractivity contribution is 8.02. The number of carbonyl (C=O) groups excluding carboxylic acids is 2. The predicted octanol–water partition coefficient (Wildman–Crippen LogP) is 2.65. The molecule has 2 amide bonds. The molecule has 9 heteroatoms. The van der Waals surface area contributed by atoms with Crippen LogP contribution in [0.4, 0.5) is 5.69 Å². The highest BCUT2D eigenvalue weighted by atomic mass is 32.2. The fraction of sp³-hybridized carbons (Fsp3) is 0.577. The van der Waals surface area contributed by atoms with Gasteiger partial charge in [0.05, 0.1) is 36.3 Å². The topological polar surface area (TPSA) is 107 Å². The second-order valence-corrected chi connectivity index (χ2v) is 11.6. The Labute approximate surface area is 210 Å². The van der Waals surface area contributed by atoms with Crippen LogP contribution in [0.1, 0.15) is 27.2 Å². The third-order valence-electron chi connectivity index (χ3n) is 7.98. The molecule has 0 aliphatic carbocycles. The summed E-state index contributed by atoms with van der Waals surface area (Å²) in [6.07, 6.45) is 2.27. The molecule has 35 heavy (non-hydrogen) atoms. The van der Waals surface area contributed by atoms with Gasteiger partial charge in [-0.2, -0.15) is 0 Å². The van der Waals surface area contributed by atoms with Gasteiger partial charge in [-0.05, 0) is 42.5 Å². The number of likely N-dealkylation sites (tertiary alicyclic amines) is 1. The summed E-state index contributed by atoms with van der Waals surface area (Å²) in [6.45, 7) is 9.55. The molecule has 2 N–H and O–H groups in total. The number of anilines is 1. The molecule has 0 aromatic heterocycles. The van der Waals surface area contributed by atoms with Crippen LogP contribution in [0.25, 0.3) is 0 Å². The van der Waals surface area contributed by atoms with Gasteiger partial charge >= 0.3 is 5.97 Å². The van der Waals surface area contributed by atoms with Gasteiger partial charge in [-0.3, -0.25) is 14.4 Å². The Kier molecular flexibility index (Phi) is 6.94. The van der Waals surface area contributed by atoms with Crippen LogP contribution in [-0.2, 0) is 14.4 Å². The number of aliphatic hydroxyl groups excluding tert-OH is 1. The number of ether oxygens (including phenoxy) is 1. The Balaban J connectivity index is 1.86. The number of carboxylic acids is 1. The molecule has 1 spiro atoms. The van der Waals surface area contributed by atoms with Crippen molar-refractivity contribution in [1.29, 1.82) is 0 Å². The van der Waals surface area contributed by atoms with Crippen LogP contribution in [0.2, 0.25) is 0 Å². The zero-order chi connectivity index (χ0) is 25.7. The van der Waals surface area contributed by atoms with Crippen LogP contribution in [-0.4, -0.2) is 75.2 Å². The lowest BCUT2D eigenvalue weighted by atomic mass is 9.66. The van der Waals surface area contributed by atoms with E-state index in [1.807, 2.05) is 20.8 Å². The summed E-state index contributed by atoms with van der Waals surface area (Å²) in [5.74, 6) is -2.76. The first kappa shape index (κ1) is 25.6. The van der Waals surface area contributed by atoms with Crippen molar-refractivity contribution in [2.75, 3.05) is 25.2 Å². The van der Waals surface area contributed by atoms with E-state index in [-0.39, 0.29) is 42.1 Å². The number of aliphatic carboxylic acids is 1. The number of thioether (sulfide) groups is 1. The van der Waals surface area contributed by atoms with Crippen LogP contribution >= 0.6 is 11.8 Å². The number of amides is 2. The smallest absolute Gasteiger partial charge is 0.308 e. The van der Waals surface area contributed by atoms with Gasteiger partial charge < -0.3 is 24.7 Å². The number of fused-ring (bicyclic) bond motifs is 1. The number of nitrogens with zero attached hydrogens (tertiary/aromatic N) is 2. The summed E-state index contributed by atoms with van der Waals surface area (Å²) in [4.78, 5) is 43.9. The minimum atomic E-state index is -0.995. The minimum absolute atomic E-state index is 0.0334. The molecule has 190 valence electrons. The third kappa shape index (κ3) is 3.74. The van der Waals surface area contributed by atoms with Crippen molar-refractivity contribution >= 4 is 35.2 Å². The Morgan fingerprint density at radius 3 is 2.51 bits per heavy atom. The molecule has 8 nitrogen and oxygen atoms in total. The highest BCUT2D eigenvalue weighted by Gasteiger charge is 2.77. The minimum Gasteiger partial charge on any atom is -0.497 e. The molecule has 3 unspecified atom stereocenters. The SMILES string of the molecule is C=CCN(C(=O)C1N([C@@H](CO)C(C)C)C(=O)[C@@H]2[C@@H](C(=O)O)[C@H]3CC(C)C12S3)c1ccc(OC)cc1. The largest absolute Gasteiger partial charge is 0.497 e. The number of benzene rings is 1. The zero-order valence-corrected chi connectivity index (χ0v) is 21.4. The van der Waals surface area contributed by atoms with Crippen molar-refractivity contribution in [2.24, 2.45) is 23.7 Å². The quantitative estimate of drug-likeness (QED) is 0.500. The summed E-state index contributed by atoms with van der Waals surface area (Å²) in [6, 6.07) is 5.61. The summed E-state index contributed by atoms with van der Waals surface area (Å²) >= 11 is 1.50. The van der Waals surface area contributed by atoms with Crippen molar-refractivity contribution in [3.8, 4) is 5.75 Å². The molecule has 2 bridgehead atoms. The lowest BCUT2D eigenvalue weighted by Gasteiger charge is -2.42. The van der Waals surface area contributed by atoms with E-state index in [0.717, 1.165) is 0 Å². The van der Waals surface area contributed by atoms with Crippen LogP contribution in [0.5, 0.6) is 5.75 Å². The number of methoxy groups -OCH3 is 1. The van der Waals surface area contributed by atoms with Gasteiger partial charge in [-0.25, -0.2) is 0 Å². The first-order valence-corrected chi connectivity index (χ1v) is 12.9. The molecule has 1 aromatic rings. The second kappa shape index (κ2) is 9.50. The summed E-state index contributed by atoms with van der Waals surface area (Å²) in [7, 11) is 1.57. The van der Waals surface area contributed by atoms with Crippen LogP contribution < -0.4 is 9.64 Å². The molecule has 3 saturated heterocycles. The fourth-order valence-corrected chi connectivity index (χ4v) is 8.76. The number of carbonyl (C=O) groups is 3. The van der Waals surface area contributed by atoms with E-state index in [0.29, 0.717) is 17.9 Å². The van der Waals surface area contributed by atoms with Crippen molar-refractivity contribution in [1.82, 2.24) is 4.90 Å². The zero-order valence-electron chi connectivity index (χ0n) is 20.6. The number of aliphatic hydroxyl groups is 1. The first-order valence-electron chi connectivity index (χ1n) is 12.0. The summed E-state index contributed by atoms with van der Waals surface area (Å²) in [5.41, 5.74) is 0.632. The van der Waals surface area contributed by atoms with Crippen molar-refractivity contribution in [2.45, 2.75) is 49.3 Å².